The molecule has 0 aliphatic heterocycles. The molecule has 20 heavy (non-hydrogen) atoms. The second-order valence-electron chi connectivity index (χ2n) is 5.50. The lowest BCUT2D eigenvalue weighted by molar-refractivity contribution is 0.0684. The summed E-state index contributed by atoms with van der Waals surface area (Å²) in [6.45, 7) is 2.61. The van der Waals surface area contributed by atoms with Gasteiger partial charge in [0.15, 0.2) is 0 Å². The van der Waals surface area contributed by atoms with Gasteiger partial charge in [-0.3, -0.25) is 4.79 Å². The lowest BCUT2D eigenvalue weighted by Crippen LogP contribution is -2.39. The Morgan fingerprint density at radius 3 is 2.80 bits per heavy atom. The third kappa shape index (κ3) is 3.41. The van der Waals surface area contributed by atoms with E-state index in [1.807, 2.05) is 23.4 Å². The first-order valence-electron chi connectivity index (χ1n) is 7.17. The number of hydrogen-bond donors (Lipinski definition) is 1. The lowest BCUT2D eigenvalue weighted by atomic mass is 9.86. The number of carbonyl (C=O) groups is 1. The average molecular weight is 290 g/mol. The van der Waals surface area contributed by atoms with Gasteiger partial charge in [-0.2, -0.15) is 0 Å². The molecule has 2 N–H and O–H groups in total. The summed E-state index contributed by atoms with van der Waals surface area (Å²) in [7, 11) is 1.92. The van der Waals surface area contributed by atoms with Gasteiger partial charge >= 0.3 is 0 Å². The number of nitrogens with two attached hydrogens (primary N) is 1. The third-order valence-corrected chi connectivity index (χ3v) is 4.94. The van der Waals surface area contributed by atoms with Crippen molar-refractivity contribution in [2.24, 2.45) is 11.7 Å². The van der Waals surface area contributed by atoms with E-state index in [1.165, 1.54) is 24.2 Å². The van der Waals surface area contributed by atoms with Crippen molar-refractivity contribution in [3.05, 3.63) is 21.9 Å². The van der Waals surface area contributed by atoms with Crippen LogP contribution in [0.25, 0.3) is 0 Å². The summed E-state index contributed by atoms with van der Waals surface area (Å²) >= 11 is 1.47. The van der Waals surface area contributed by atoms with Crippen molar-refractivity contribution in [3.63, 3.8) is 0 Å². The predicted octanol–water partition coefficient (Wildman–Crippen LogP) is 2.71. The van der Waals surface area contributed by atoms with Gasteiger partial charge in [0.05, 0.1) is 6.54 Å². The molecule has 0 unspecified atom stereocenters. The molecular formula is C16H22N2OS. The monoisotopic (exact) mass is 290 g/mol. The minimum absolute atomic E-state index is 0.0980. The van der Waals surface area contributed by atoms with Gasteiger partial charge in [0.2, 0.25) is 0 Å². The van der Waals surface area contributed by atoms with Gasteiger partial charge in [0.1, 0.15) is 4.88 Å². The van der Waals surface area contributed by atoms with Crippen LogP contribution in [0.4, 0.5) is 0 Å². The highest BCUT2D eigenvalue weighted by Gasteiger charge is 2.26. The van der Waals surface area contributed by atoms with Gasteiger partial charge in [-0.25, -0.2) is 0 Å². The number of carbonyl (C=O) groups excluding carboxylic acids is 1. The van der Waals surface area contributed by atoms with E-state index in [0.717, 1.165) is 29.2 Å². The molecule has 1 aromatic heterocycles. The Labute approximate surface area is 125 Å². The molecule has 1 aliphatic carbocycles. The van der Waals surface area contributed by atoms with Gasteiger partial charge in [0.25, 0.3) is 5.91 Å². The summed E-state index contributed by atoms with van der Waals surface area (Å²) in [6, 6.07) is 2.27. The molecule has 0 saturated heterocycles. The maximum atomic E-state index is 12.6. The second kappa shape index (κ2) is 6.92. The van der Waals surface area contributed by atoms with Crippen LogP contribution in [0.2, 0.25) is 0 Å². The van der Waals surface area contributed by atoms with Gasteiger partial charge in [0, 0.05) is 18.7 Å². The first-order chi connectivity index (χ1) is 9.63. The van der Waals surface area contributed by atoms with Crippen molar-refractivity contribution >= 4 is 17.2 Å². The molecule has 0 atom stereocenters. The second-order valence-corrected chi connectivity index (χ2v) is 6.42. The minimum Gasteiger partial charge on any atom is -0.338 e. The number of rotatable bonds is 2. The first-order valence-corrected chi connectivity index (χ1v) is 8.05. The predicted molar refractivity (Wildman–Crippen MR) is 83.8 cm³/mol. The Morgan fingerprint density at radius 1 is 1.45 bits per heavy atom. The van der Waals surface area contributed by atoms with E-state index < -0.39 is 0 Å². The summed E-state index contributed by atoms with van der Waals surface area (Å²) in [6.07, 6.45) is 4.65. The van der Waals surface area contributed by atoms with Crippen molar-refractivity contribution in [1.82, 2.24) is 4.90 Å². The fourth-order valence-electron chi connectivity index (χ4n) is 2.68. The van der Waals surface area contributed by atoms with Crippen molar-refractivity contribution in [3.8, 4) is 11.8 Å². The van der Waals surface area contributed by atoms with Crippen LogP contribution in [0, 0.1) is 17.8 Å². The highest BCUT2D eigenvalue weighted by Crippen LogP contribution is 2.28. The largest absolute Gasteiger partial charge is 0.338 e. The zero-order valence-corrected chi connectivity index (χ0v) is 13.0. The fourth-order valence-corrected chi connectivity index (χ4v) is 3.51. The topological polar surface area (TPSA) is 46.3 Å². The maximum Gasteiger partial charge on any atom is 0.265 e. The van der Waals surface area contributed by atoms with Crippen molar-refractivity contribution in [1.29, 1.82) is 0 Å². The maximum absolute atomic E-state index is 12.6. The quantitative estimate of drug-likeness (QED) is 0.851. The molecule has 1 saturated carbocycles. The highest BCUT2D eigenvalue weighted by atomic mass is 32.1. The van der Waals surface area contributed by atoms with Gasteiger partial charge in [-0.1, -0.05) is 18.8 Å². The molecule has 1 aliphatic rings. The molecule has 2 rings (SSSR count). The summed E-state index contributed by atoms with van der Waals surface area (Å²) in [4.78, 5) is 15.3. The van der Waals surface area contributed by atoms with Crippen LogP contribution in [0.5, 0.6) is 0 Å². The normalized spacial score (nSPS) is 21.9. The van der Waals surface area contributed by atoms with Crippen LogP contribution in [-0.2, 0) is 0 Å². The molecule has 0 radical (unpaired) electrons. The molecule has 1 aromatic rings. The Morgan fingerprint density at radius 2 is 2.15 bits per heavy atom. The molecule has 0 bridgehead atoms. The Balaban J connectivity index is 2.09. The Kier molecular flexibility index (Phi) is 5.22. The van der Waals surface area contributed by atoms with Crippen molar-refractivity contribution < 1.29 is 4.79 Å². The summed E-state index contributed by atoms with van der Waals surface area (Å²) in [5.41, 5.74) is 6.20. The first kappa shape index (κ1) is 15.1. The zero-order valence-electron chi connectivity index (χ0n) is 12.2. The van der Waals surface area contributed by atoms with Crippen LogP contribution in [0.3, 0.4) is 0 Å². The molecular weight excluding hydrogens is 268 g/mol. The van der Waals surface area contributed by atoms with Crippen LogP contribution in [0.15, 0.2) is 11.4 Å². The smallest absolute Gasteiger partial charge is 0.265 e. The van der Waals surface area contributed by atoms with E-state index in [9.17, 15) is 4.79 Å². The van der Waals surface area contributed by atoms with Gasteiger partial charge < -0.3 is 10.6 Å². The Bertz CT molecular complexity index is 518. The summed E-state index contributed by atoms with van der Waals surface area (Å²) < 4.78 is 0. The number of amides is 1. The Hall–Kier alpha value is -1.31. The highest BCUT2D eigenvalue weighted by molar-refractivity contribution is 7.12. The number of thiophene rings is 1. The van der Waals surface area contributed by atoms with Crippen molar-refractivity contribution in [2.75, 3.05) is 13.6 Å². The fraction of sp³-hybridized carbons (Fsp3) is 0.562. The van der Waals surface area contributed by atoms with E-state index in [-0.39, 0.29) is 5.91 Å². The van der Waals surface area contributed by atoms with E-state index in [0.29, 0.717) is 12.6 Å². The van der Waals surface area contributed by atoms with Crippen molar-refractivity contribution in [2.45, 2.75) is 38.6 Å². The molecule has 1 heterocycles. The van der Waals surface area contributed by atoms with E-state index in [2.05, 4.69) is 18.8 Å². The molecule has 1 amide bonds. The lowest BCUT2D eigenvalue weighted by Gasteiger charge is -2.33. The molecule has 4 heteroatoms. The summed E-state index contributed by atoms with van der Waals surface area (Å²) in [5.74, 6) is 6.70. The third-order valence-electron chi connectivity index (χ3n) is 4.04. The number of nitrogens with zero attached hydrogens (tertiary/aromatic N) is 1. The molecule has 3 nitrogen and oxygen atoms in total. The van der Waals surface area contributed by atoms with E-state index >= 15 is 0 Å². The van der Waals surface area contributed by atoms with Crippen LogP contribution < -0.4 is 5.73 Å². The van der Waals surface area contributed by atoms with Gasteiger partial charge in [-0.05, 0) is 43.0 Å². The summed E-state index contributed by atoms with van der Waals surface area (Å²) in [5, 5.41) is 1.92. The molecule has 0 spiro atoms. The SMILES string of the molecule is CC1CCC(N(C)C(=O)c2sccc2C#CCN)CC1. The zero-order chi connectivity index (χ0) is 14.5. The molecule has 108 valence electrons. The molecule has 0 aromatic carbocycles. The van der Waals surface area contributed by atoms with E-state index in [1.54, 1.807) is 0 Å². The average Bonchev–Trinajstić information content (AvgIpc) is 2.92. The van der Waals surface area contributed by atoms with Crippen LogP contribution >= 0.6 is 11.3 Å². The van der Waals surface area contributed by atoms with Crippen LogP contribution in [0.1, 0.15) is 47.8 Å². The standard InChI is InChI=1S/C16H22N2OS/c1-12-5-7-14(8-6-12)18(2)16(19)15-13(4-3-10-17)9-11-20-15/h9,11-12,14H,5-8,10,17H2,1-2H3. The van der Waals surface area contributed by atoms with Crippen LogP contribution in [-0.4, -0.2) is 30.4 Å². The number of hydrogen-bond acceptors (Lipinski definition) is 3. The molecule has 1 fully saturated rings. The minimum atomic E-state index is 0.0980. The van der Waals surface area contributed by atoms with Gasteiger partial charge in [-0.15, -0.1) is 11.3 Å². The van der Waals surface area contributed by atoms with E-state index in [4.69, 9.17) is 5.73 Å².